The van der Waals surface area contributed by atoms with Crippen LogP contribution in [0.2, 0.25) is 0 Å². The van der Waals surface area contributed by atoms with Crippen molar-refractivity contribution in [2.24, 2.45) is 0 Å². The molecule has 5 heteroatoms. The van der Waals surface area contributed by atoms with E-state index in [-0.39, 0.29) is 0 Å². The summed E-state index contributed by atoms with van der Waals surface area (Å²) in [4.78, 5) is 0. The summed E-state index contributed by atoms with van der Waals surface area (Å²) in [5.41, 5.74) is 3.38. The average molecular weight is 378 g/mol. The number of aromatic nitrogens is 2. The van der Waals surface area contributed by atoms with Gasteiger partial charge in [-0.25, -0.2) is 0 Å². The molecule has 102 valence electrons. The average Bonchev–Trinajstić information content (AvgIpc) is 2.48. The molecule has 1 aromatic carbocycles. The lowest BCUT2D eigenvalue weighted by Crippen LogP contribution is -2.07. The highest BCUT2D eigenvalue weighted by molar-refractivity contribution is 14.1. The number of rotatable bonds is 4. The molecule has 2 rings (SSSR count). The van der Waals surface area contributed by atoms with Crippen molar-refractivity contribution in [2.75, 3.05) is 5.32 Å². The fourth-order valence-corrected chi connectivity index (χ4v) is 2.41. The summed E-state index contributed by atoms with van der Waals surface area (Å²) in [6.07, 6.45) is 1.57. The fraction of sp³-hybridized carbons (Fsp3) is 0.267. The van der Waals surface area contributed by atoms with E-state index in [1.165, 1.54) is 0 Å². The molecule has 0 bridgehead atoms. The standard InChI is InChI=1S/C15H15IN4/c1-3-12-13(9-17)15(20-19-14(12)4-2)18-11-7-5-10(16)6-8-11/h5-8H,3-4H2,1-2H3,(H,18,20). The third-order valence-corrected chi connectivity index (χ3v) is 3.78. The van der Waals surface area contributed by atoms with Gasteiger partial charge in [0.1, 0.15) is 11.6 Å². The van der Waals surface area contributed by atoms with E-state index < -0.39 is 0 Å². The third-order valence-electron chi connectivity index (χ3n) is 3.06. The Balaban J connectivity index is 2.42. The molecule has 1 aromatic heterocycles. The molecular formula is C15H15IN4. The summed E-state index contributed by atoms with van der Waals surface area (Å²) in [5, 5.41) is 21.0. The molecule has 0 radical (unpaired) electrons. The molecule has 0 saturated heterocycles. The second-order valence-electron chi connectivity index (χ2n) is 4.30. The second-order valence-corrected chi connectivity index (χ2v) is 5.55. The van der Waals surface area contributed by atoms with E-state index in [1.54, 1.807) is 0 Å². The number of halogens is 1. The number of aryl methyl sites for hydroxylation is 1. The van der Waals surface area contributed by atoms with Crippen LogP contribution in [0.3, 0.4) is 0 Å². The number of nitriles is 1. The summed E-state index contributed by atoms with van der Waals surface area (Å²) >= 11 is 2.25. The van der Waals surface area contributed by atoms with Gasteiger partial charge < -0.3 is 5.32 Å². The van der Waals surface area contributed by atoms with E-state index >= 15 is 0 Å². The second kappa shape index (κ2) is 6.66. The Morgan fingerprint density at radius 2 is 1.85 bits per heavy atom. The number of hydrogen-bond donors (Lipinski definition) is 1. The molecule has 0 aliphatic rings. The summed E-state index contributed by atoms with van der Waals surface area (Å²) < 4.78 is 1.16. The number of benzene rings is 1. The number of anilines is 2. The van der Waals surface area contributed by atoms with Crippen LogP contribution < -0.4 is 5.32 Å². The summed E-state index contributed by atoms with van der Waals surface area (Å²) in [6.45, 7) is 4.06. The van der Waals surface area contributed by atoms with E-state index in [0.29, 0.717) is 11.4 Å². The Bertz CT molecular complexity index is 644. The zero-order chi connectivity index (χ0) is 14.5. The van der Waals surface area contributed by atoms with Crippen LogP contribution in [-0.2, 0) is 12.8 Å². The van der Waals surface area contributed by atoms with Crippen LogP contribution in [0.15, 0.2) is 24.3 Å². The highest BCUT2D eigenvalue weighted by atomic mass is 127. The molecule has 2 aromatic rings. The maximum Gasteiger partial charge on any atom is 0.171 e. The van der Waals surface area contributed by atoms with E-state index in [9.17, 15) is 5.26 Å². The molecular weight excluding hydrogens is 363 g/mol. The first kappa shape index (κ1) is 14.7. The van der Waals surface area contributed by atoms with Crippen LogP contribution in [-0.4, -0.2) is 10.2 Å². The van der Waals surface area contributed by atoms with Gasteiger partial charge in [0.05, 0.1) is 5.69 Å². The minimum absolute atomic E-state index is 0.530. The summed E-state index contributed by atoms with van der Waals surface area (Å²) in [7, 11) is 0. The van der Waals surface area contributed by atoms with Gasteiger partial charge in [0.25, 0.3) is 0 Å². The van der Waals surface area contributed by atoms with Crippen molar-refractivity contribution in [1.29, 1.82) is 5.26 Å². The van der Waals surface area contributed by atoms with Crippen LogP contribution in [0.4, 0.5) is 11.5 Å². The molecule has 0 aliphatic carbocycles. The monoisotopic (exact) mass is 378 g/mol. The van der Waals surface area contributed by atoms with Gasteiger partial charge in [0, 0.05) is 9.26 Å². The Morgan fingerprint density at radius 3 is 2.40 bits per heavy atom. The normalized spacial score (nSPS) is 10.1. The lowest BCUT2D eigenvalue weighted by atomic mass is 10.0. The van der Waals surface area contributed by atoms with Crippen molar-refractivity contribution in [3.63, 3.8) is 0 Å². The van der Waals surface area contributed by atoms with Crippen LogP contribution in [0.5, 0.6) is 0 Å². The highest BCUT2D eigenvalue weighted by Gasteiger charge is 2.14. The minimum atomic E-state index is 0.530. The van der Waals surface area contributed by atoms with Crippen molar-refractivity contribution in [2.45, 2.75) is 26.7 Å². The van der Waals surface area contributed by atoms with Gasteiger partial charge in [-0.3, -0.25) is 0 Å². The highest BCUT2D eigenvalue weighted by Crippen LogP contribution is 2.23. The number of hydrogen-bond acceptors (Lipinski definition) is 4. The summed E-state index contributed by atoms with van der Waals surface area (Å²) in [5.74, 6) is 0.530. The molecule has 1 N–H and O–H groups in total. The molecule has 0 aliphatic heterocycles. The first-order chi connectivity index (χ1) is 9.69. The van der Waals surface area contributed by atoms with Gasteiger partial charge in [-0.15, -0.1) is 5.10 Å². The quantitative estimate of drug-likeness (QED) is 0.822. The zero-order valence-electron chi connectivity index (χ0n) is 11.4. The predicted molar refractivity (Wildman–Crippen MR) is 87.9 cm³/mol. The van der Waals surface area contributed by atoms with Crippen molar-refractivity contribution < 1.29 is 0 Å². The maximum atomic E-state index is 9.41. The van der Waals surface area contributed by atoms with Crippen molar-refractivity contribution in [3.8, 4) is 6.07 Å². The van der Waals surface area contributed by atoms with Gasteiger partial charge in [-0.1, -0.05) is 13.8 Å². The molecule has 0 spiro atoms. The van der Waals surface area contributed by atoms with Gasteiger partial charge in [-0.2, -0.15) is 10.4 Å². The SMILES string of the molecule is CCc1nnc(Nc2ccc(I)cc2)c(C#N)c1CC. The molecule has 0 unspecified atom stereocenters. The summed E-state index contributed by atoms with van der Waals surface area (Å²) in [6, 6.07) is 10.2. The Kier molecular flexibility index (Phi) is 4.90. The van der Waals surface area contributed by atoms with Crippen LogP contribution in [0.1, 0.15) is 30.7 Å². The zero-order valence-corrected chi connectivity index (χ0v) is 13.6. The smallest absolute Gasteiger partial charge is 0.171 e. The molecule has 0 atom stereocenters. The molecule has 1 heterocycles. The number of nitrogens with one attached hydrogen (secondary N) is 1. The molecule has 20 heavy (non-hydrogen) atoms. The Hall–Kier alpha value is -1.68. The Labute approximate surface area is 132 Å². The van der Waals surface area contributed by atoms with Gasteiger partial charge in [0.15, 0.2) is 5.82 Å². The predicted octanol–water partition coefficient (Wildman–Crippen LogP) is 3.82. The van der Waals surface area contributed by atoms with E-state index in [2.05, 4.69) is 44.2 Å². The number of nitrogens with zero attached hydrogens (tertiary/aromatic N) is 3. The molecule has 0 saturated carbocycles. The van der Waals surface area contributed by atoms with Gasteiger partial charge in [0.2, 0.25) is 0 Å². The fourth-order valence-electron chi connectivity index (χ4n) is 2.05. The molecule has 0 amide bonds. The Morgan fingerprint density at radius 1 is 1.15 bits per heavy atom. The van der Waals surface area contributed by atoms with Crippen LogP contribution in [0, 0.1) is 14.9 Å². The van der Waals surface area contributed by atoms with Gasteiger partial charge in [-0.05, 0) is 65.3 Å². The first-order valence-electron chi connectivity index (χ1n) is 6.50. The van der Waals surface area contributed by atoms with Crippen LogP contribution >= 0.6 is 22.6 Å². The largest absolute Gasteiger partial charge is 0.338 e. The molecule has 4 nitrogen and oxygen atoms in total. The van der Waals surface area contributed by atoms with E-state index in [4.69, 9.17) is 0 Å². The maximum absolute atomic E-state index is 9.41. The lowest BCUT2D eigenvalue weighted by Gasteiger charge is -2.12. The first-order valence-corrected chi connectivity index (χ1v) is 7.58. The van der Waals surface area contributed by atoms with E-state index in [1.807, 2.05) is 38.1 Å². The van der Waals surface area contributed by atoms with E-state index in [0.717, 1.165) is 33.4 Å². The van der Waals surface area contributed by atoms with Crippen LogP contribution in [0.25, 0.3) is 0 Å². The van der Waals surface area contributed by atoms with Crippen molar-refractivity contribution in [3.05, 3.63) is 44.7 Å². The van der Waals surface area contributed by atoms with Gasteiger partial charge >= 0.3 is 0 Å². The molecule has 0 fully saturated rings. The lowest BCUT2D eigenvalue weighted by molar-refractivity contribution is 0.877. The van der Waals surface area contributed by atoms with Crippen molar-refractivity contribution in [1.82, 2.24) is 10.2 Å². The third kappa shape index (κ3) is 3.07. The minimum Gasteiger partial charge on any atom is -0.338 e. The topological polar surface area (TPSA) is 61.6 Å². The van der Waals surface area contributed by atoms with Crippen molar-refractivity contribution >= 4 is 34.1 Å².